The molecule has 1 aromatic carbocycles. The number of anilines is 1. The number of nitrogens with zero attached hydrogens (tertiary/aromatic N) is 1. The van der Waals surface area contributed by atoms with Gasteiger partial charge in [-0.2, -0.15) is 0 Å². The van der Waals surface area contributed by atoms with Crippen LogP contribution in [0.5, 0.6) is 0 Å². The summed E-state index contributed by atoms with van der Waals surface area (Å²) in [5.41, 5.74) is 2.33. The third-order valence-electron chi connectivity index (χ3n) is 5.43. The van der Waals surface area contributed by atoms with Crippen molar-refractivity contribution in [3.05, 3.63) is 29.8 Å². The van der Waals surface area contributed by atoms with E-state index in [0.717, 1.165) is 28.8 Å². The van der Waals surface area contributed by atoms with Gasteiger partial charge in [0.15, 0.2) is 5.11 Å². The van der Waals surface area contributed by atoms with Crippen LogP contribution in [0.25, 0.3) is 0 Å². The van der Waals surface area contributed by atoms with Crippen LogP contribution < -0.4 is 10.6 Å². The zero-order valence-electron chi connectivity index (χ0n) is 15.2. The average Bonchev–Trinajstić information content (AvgIpc) is 2.50. The van der Waals surface area contributed by atoms with Crippen molar-refractivity contribution >= 4 is 23.0 Å². The molecule has 2 aliphatic rings. The third-order valence-corrected chi connectivity index (χ3v) is 5.65. The van der Waals surface area contributed by atoms with E-state index >= 15 is 0 Å². The summed E-state index contributed by atoms with van der Waals surface area (Å²) in [5, 5.41) is 7.73. The SMILES string of the molecule is Cc1ccccc1NC(=S)NC1CC2CCCC(C1)N2CC(C)C. The standard InChI is InChI=1S/C20H31N3S/c1-14(2)13-23-17-8-6-9-18(23)12-16(11-17)21-20(24)22-19-10-5-4-7-15(19)3/h4-5,7,10,14,16-18H,6,8-9,11-13H2,1-3H3,(H2,21,22,24). The molecule has 2 atom stereocenters. The fourth-order valence-corrected chi connectivity index (χ4v) is 4.65. The maximum Gasteiger partial charge on any atom is 0.171 e. The highest BCUT2D eigenvalue weighted by molar-refractivity contribution is 7.80. The molecule has 24 heavy (non-hydrogen) atoms. The van der Waals surface area contributed by atoms with Gasteiger partial charge in [0.1, 0.15) is 0 Å². The normalized spacial score (nSPS) is 27.1. The van der Waals surface area contributed by atoms with E-state index in [1.54, 1.807) is 0 Å². The number of rotatable bonds is 4. The number of thiocarbonyl (C=S) groups is 1. The van der Waals surface area contributed by atoms with Crippen LogP contribution in [0.2, 0.25) is 0 Å². The molecule has 0 radical (unpaired) electrons. The Labute approximate surface area is 152 Å². The first-order valence-electron chi connectivity index (χ1n) is 9.42. The molecule has 2 aliphatic heterocycles. The van der Waals surface area contributed by atoms with Crippen molar-refractivity contribution in [1.29, 1.82) is 0 Å². The predicted molar refractivity (Wildman–Crippen MR) is 107 cm³/mol. The Kier molecular flexibility index (Phi) is 5.77. The van der Waals surface area contributed by atoms with E-state index in [1.807, 2.05) is 6.07 Å². The fourth-order valence-electron chi connectivity index (χ4n) is 4.37. The average molecular weight is 346 g/mol. The molecule has 3 rings (SSSR count). The summed E-state index contributed by atoms with van der Waals surface area (Å²) in [5.74, 6) is 0.751. The molecule has 2 N–H and O–H groups in total. The first-order chi connectivity index (χ1) is 11.5. The Morgan fingerprint density at radius 2 is 1.88 bits per heavy atom. The summed E-state index contributed by atoms with van der Waals surface area (Å²) in [7, 11) is 0. The molecular weight excluding hydrogens is 314 g/mol. The topological polar surface area (TPSA) is 27.3 Å². The second-order valence-electron chi connectivity index (χ2n) is 7.91. The molecule has 2 unspecified atom stereocenters. The van der Waals surface area contributed by atoms with Gasteiger partial charge >= 0.3 is 0 Å². The molecule has 0 amide bonds. The number of nitrogens with one attached hydrogen (secondary N) is 2. The monoisotopic (exact) mass is 345 g/mol. The van der Waals surface area contributed by atoms with Crippen LogP contribution >= 0.6 is 12.2 Å². The van der Waals surface area contributed by atoms with Gasteiger partial charge in [-0.15, -0.1) is 0 Å². The lowest BCUT2D eigenvalue weighted by atomic mass is 9.81. The smallest absolute Gasteiger partial charge is 0.171 e. The summed E-state index contributed by atoms with van der Waals surface area (Å²) in [4.78, 5) is 2.78. The van der Waals surface area contributed by atoms with Gasteiger partial charge < -0.3 is 10.6 Å². The number of benzene rings is 1. The highest BCUT2D eigenvalue weighted by atomic mass is 32.1. The molecule has 132 valence electrons. The van der Waals surface area contributed by atoms with Gasteiger partial charge in [-0.3, -0.25) is 4.90 Å². The second-order valence-corrected chi connectivity index (χ2v) is 8.32. The van der Waals surface area contributed by atoms with Crippen molar-refractivity contribution in [3.8, 4) is 0 Å². The van der Waals surface area contributed by atoms with E-state index in [4.69, 9.17) is 12.2 Å². The van der Waals surface area contributed by atoms with Gasteiger partial charge in [-0.1, -0.05) is 38.5 Å². The van der Waals surface area contributed by atoms with Crippen molar-refractivity contribution in [2.45, 2.75) is 71.0 Å². The van der Waals surface area contributed by atoms with Crippen molar-refractivity contribution in [3.63, 3.8) is 0 Å². The lowest BCUT2D eigenvalue weighted by molar-refractivity contribution is 0.0191. The summed E-state index contributed by atoms with van der Waals surface area (Å²) < 4.78 is 0. The minimum Gasteiger partial charge on any atom is -0.360 e. The molecule has 0 saturated carbocycles. The molecule has 0 spiro atoms. The summed E-state index contributed by atoms with van der Waals surface area (Å²) in [6.45, 7) is 8.02. The van der Waals surface area contributed by atoms with Crippen LogP contribution in [0.4, 0.5) is 5.69 Å². The van der Waals surface area contributed by atoms with Gasteiger partial charge in [0.25, 0.3) is 0 Å². The van der Waals surface area contributed by atoms with Crippen LogP contribution in [0, 0.1) is 12.8 Å². The molecule has 1 aromatic rings. The second kappa shape index (κ2) is 7.83. The summed E-state index contributed by atoms with van der Waals surface area (Å²) in [6.07, 6.45) is 6.53. The van der Waals surface area contributed by atoms with E-state index < -0.39 is 0 Å². The quantitative estimate of drug-likeness (QED) is 0.795. The molecule has 4 heteroatoms. The lowest BCUT2D eigenvalue weighted by Gasteiger charge is -2.49. The first kappa shape index (κ1) is 17.7. The minimum atomic E-state index is 0.507. The van der Waals surface area contributed by atoms with E-state index in [0.29, 0.717) is 6.04 Å². The van der Waals surface area contributed by atoms with Crippen LogP contribution in [-0.2, 0) is 0 Å². The number of hydrogen-bond acceptors (Lipinski definition) is 2. The Hall–Kier alpha value is -1.13. The van der Waals surface area contributed by atoms with E-state index in [-0.39, 0.29) is 0 Å². The Balaban J connectivity index is 1.57. The van der Waals surface area contributed by atoms with Crippen LogP contribution in [0.3, 0.4) is 0 Å². The van der Waals surface area contributed by atoms with Crippen LogP contribution in [0.1, 0.15) is 51.5 Å². The molecule has 0 aromatic heterocycles. The Bertz CT molecular complexity index is 558. The van der Waals surface area contributed by atoms with Crippen molar-refractivity contribution in [2.75, 3.05) is 11.9 Å². The van der Waals surface area contributed by atoms with Gasteiger partial charge in [0.2, 0.25) is 0 Å². The molecule has 0 aliphatic carbocycles. The molecule has 3 nitrogen and oxygen atoms in total. The van der Waals surface area contributed by atoms with Crippen molar-refractivity contribution in [1.82, 2.24) is 10.2 Å². The van der Waals surface area contributed by atoms with Gasteiger partial charge in [-0.05, 0) is 62.4 Å². The highest BCUT2D eigenvalue weighted by Crippen LogP contribution is 2.34. The maximum absolute atomic E-state index is 5.57. The molecule has 2 saturated heterocycles. The van der Waals surface area contributed by atoms with E-state index in [2.05, 4.69) is 54.5 Å². The van der Waals surface area contributed by atoms with E-state index in [1.165, 1.54) is 44.2 Å². The summed E-state index contributed by atoms with van der Waals surface area (Å²) in [6, 6.07) is 10.3. The maximum atomic E-state index is 5.57. The molecule has 2 bridgehead atoms. The zero-order valence-corrected chi connectivity index (χ0v) is 16.0. The highest BCUT2D eigenvalue weighted by Gasteiger charge is 2.38. The third kappa shape index (κ3) is 4.28. The van der Waals surface area contributed by atoms with Gasteiger partial charge in [0, 0.05) is 30.4 Å². The number of piperidine rings is 2. The predicted octanol–water partition coefficient (Wildman–Crippen LogP) is 4.32. The Morgan fingerprint density at radius 3 is 2.50 bits per heavy atom. The molecular formula is C20H31N3S. The number of hydrogen-bond donors (Lipinski definition) is 2. The largest absolute Gasteiger partial charge is 0.360 e. The lowest BCUT2D eigenvalue weighted by Crippen LogP contribution is -2.58. The molecule has 2 fully saturated rings. The number of para-hydroxylation sites is 1. The van der Waals surface area contributed by atoms with Crippen molar-refractivity contribution in [2.24, 2.45) is 5.92 Å². The van der Waals surface area contributed by atoms with Gasteiger partial charge in [0.05, 0.1) is 0 Å². The zero-order chi connectivity index (χ0) is 17.1. The number of aryl methyl sites for hydroxylation is 1. The van der Waals surface area contributed by atoms with Crippen LogP contribution in [0.15, 0.2) is 24.3 Å². The van der Waals surface area contributed by atoms with Crippen LogP contribution in [-0.4, -0.2) is 34.7 Å². The fraction of sp³-hybridized carbons (Fsp3) is 0.650. The first-order valence-corrected chi connectivity index (χ1v) is 9.82. The van der Waals surface area contributed by atoms with E-state index in [9.17, 15) is 0 Å². The Morgan fingerprint density at radius 1 is 1.21 bits per heavy atom. The van der Waals surface area contributed by atoms with Crippen molar-refractivity contribution < 1.29 is 0 Å². The van der Waals surface area contributed by atoms with Gasteiger partial charge in [-0.25, -0.2) is 0 Å². The number of fused-ring (bicyclic) bond motifs is 2. The summed E-state index contributed by atoms with van der Waals surface area (Å²) >= 11 is 5.57. The molecule has 2 heterocycles. The minimum absolute atomic E-state index is 0.507.